The number of carbonyl (C=O) groups is 1. The van der Waals surface area contributed by atoms with Crippen LogP contribution in [0.1, 0.15) is 59.8 Å². The summed E-state index contributed by atoms with van der Waals surface area (Å²) >= 11 is 0. The van der Waals surface area contributed by atoms with E-state index in [2.05, 4.69) is 6.08 Å². The molecule has 0 heterocycles. The molecule has 0 amide bonds. The second kappa shape index (κ2) is 10.8. The molecule has 0 aliphatic carbocycles. The molecule has 4 heteroatoms. The van der Waals surface area contributed by atoms with E-state index in [9.17, 15) is 15.0 Å². The molecule has 0 aliphatic heterocycles. The number of aliphatic hydroxyl groups excluding tert-OH is 1. The number of carboxylic acids is 1. The molecule has 0 aromatic heterocycles. The largest absolute Gasteiger partial charge is 0.544 e. The van der Waals surface area contributed by atoms with Gasteiger partial charge in [-0.25, -0.2) is 0 Å². The van der Waals surface area contributed by atoms with Crippen LogP contribution in [-0.4, -0.2) is 47.3 Å². The molecule has 2 unspecified atom stereocenters. The third kappa shape index (κ3) is 6.62. The van der Waals surface area contributed by atoms with Gasteiger partial charge in [-0.1, -0.05) is 25.5 Å². The predicted molar refractivity (Wildman–Crippen MR) is 84.6 cm³/mol. The number of likely N-dealkylation sites (N-methyl/N-ethyl adjacent to an activating group) is 1. The summed E-state index contributed by atoms with van der Waals surface area (Å²) < 4.78 is 0.418. The summed E-state index contributed by atoms with van der Waals surface area (Å²) in [6.07, 6.45) is 7.69. The Balaban J connectivity index is 4.80. The highest BCUT2D eigenvalue weighted by Gasteiger charge is 2.36. The lowest BCUT2D eigenvalue weighted by molar-refractivity contribution is -0.945. The van der Waals surface area contributed by atoms with Crippen LogP contribution in [0.25, 0.3) is 0 Å². The second-order valence-corrected chi connectivity index (χ2v) is 5.81. The number of hydrogen-bond donors (Lipinski definition) is 1. The van der Waals surface area contributed by atoms with Crippen molar-refractivity contribution in [2.45, 2.75) is 71.9 Å². The third-order valence-electron chi connectivity index (χ3n) is 4.47. The van der Waals surface area contributed by atoms with E-state index in [0.717, 1.165) is 25.7 Å². The van der Waals surface area contributed by atoms with Crippen molar-refractivity contribution in [1.82, 2.24) is 0 Å². The average molecular weight is 299 g/mol. The summed E-state index contributed by atoms with van der Waals surface area (Å²) in [5, 5.41) is 21.8. The van der Waals surface area contributed by atoms with E-state index in [4.69, 9.17) is 0 Å². The Bertz CT molecular complexity index is 311. The number of quaternary nitrogens is 1. The molecule has 0 spiro atoms. The highest BCUT2D eigenvalue weighted by molar-refractivity contribution is 5.69. The molecule has 21 heavy (non-hydrogen) atoms. The van der Waals surface area contributed by atoms with Crippen molar-refractivity contribution in [3.63, 3.8) is 0 Å². The van der Waals surface area contributed by atoms with Crippen LogP contribution in [0.3, 0.4) is 0 Å². The number of nitrogens with zero attached hydrogens (tertiary/aromatic N) is 1. The van der Waals surface area contributed by atoms with Crippen molar-refractivity contribution in [2.24, 2.45) is 0 Å². The van der Waals surface area contributed by atoms with E-state index in [1.165, 1.54) is 0 Å². The maximum Gasteiger partial charge on any atom is 0.129 e. The fourth-order valence-electron chi connectivity index (χ4n) is 3.09. The van der Waals surface area contributed by atoms with Gasteiger partial charge in [0.1, 0.15) is 18.7 Å². The Morgan fingerprint density at radius 2 is 1.86 bits per heavy atom. The molecule has 124 valence electrons. The minimum absolute atomic E-state index is 0.418. The Kier molecular flexibility index (Phi) is 10.4. The second-order valence-electron chi connectivity index (χ2n) is 5.81. The van der Waals surface area contributed by atoms with Crippen LogP contribution in [0.4, 0.5) is 0 Å². The van der Waals surface area contributed by atoms with E-state index < -0.39 is 18.1 Å². The van der Waals surface area contributed by atoms with Gasteiger partial charge < -0.3 is 19.5 Å². The third-order valence-corrected chi connectivity index (χ3v) is 4.47. The number of unbranched alkanes of at least 4 members (excludes halogenated alkanes) is 1. The zero-order chi connectivity index (χ0) is 16.3. The Morgan fingerprint density at radius 3 is 2.29 bits per heavy atom. The van der Waals surface area contributed by atoms with Gasteiger partial charge in [-0.2, -0.15) is 0 Å². The molecule has 2 atom stereocenters. The lowest BCUT2D eigenvalue weighted by atomic mass is 10.0. The number of aliphatic hydroxyl groups is 1. The van der Waals surface area contributed by atoms with Crippen molar-refractivity contribution in [1.29, 1.82) is 0 Å². The average Bonchev–Trinajstić information content (AvgIpc) is 2.47. The van der Waals surface area contributed by atoms with Crippen LogP contribution in [0.2, 0.25) is 0 Å². The smallest absolute Gasteiger partial charge is 0.129 e. The van der Waals surface area contributed by atoms with Crippen LogP contribution in [0.5, 0.6) is 0 Å². The van der Waals surface area contributed by atoms with Gasteiger partial charge in [-0.15, -0.1) is 0 Å². The number of rotatable bonds is 12. The van der Waals surface area contributed by atoms with Gasteiger partial charge >= 0.3 is 0 Å². The molecule has 0 aromatic carbocycles. The fourth-order valence-corrected chi connectivity index (χ4v) is 3.09. The van der Waals surface area contributed by atoms with Crippen LogP contribution in [-0.2, 0) is 4.79 Å². The summed E-state index contributed by atoms with van der Waals surface area (Å²) in [5.41, 5.74) is 0. The number of carbonyl (C=O) groups excluding carboxylic acids is 1. The SMILES string of the molecule is C/C=C/CCCC(O)C[N+](CC)(CC)C(CCC)C(=O)[O-]. The Labute approximate surface area is 130 Å². The molecule has 0 aromatic rings. The van der Waals surface area contributed by atoms with E-state index >= 15 is 0 Å². The first-order valence-electron chi connectivity index (χ1n) is 8.33. The van der Waals surface area contributed by atoms with Gasteiger partial charge in [-0.05, 0) is 40.0 Å². The molecule has 0 saturated carbocycles. The van der Waals surface area contributed by atoms with Gasteiger partial charge in [0, 0.05) is 6.42 Å². The van der Waals surface area contributed by atoms with Gasteiger partial charge in [0.15, 0.2) is 0 Å². The number of allylic oxidation sites excluding steroid dienone is 2. The molecule has 0 bridgehead atoms. The van der Waals surface area contributed by atoms with Crippen molar-refractivity contribution in [3.05, 3.63) is 12.2 Å². The molecule has 0 fully saturated rings. The van der Waals surface area contributed by atoms with Gasteiger partial charge in [-0.3, -0.25) is 0 Å². The monoisotopic (exact) mass is 299 g/mol. The van der Waals surface area contributed by atoms with Gasteiger partial charge in [0.2, 0.25) is 0 Å². The van der Waals surface area contributed by atoms with Crippen LogP contribution in [0.15, 0.2) is 12.2 Å². The molecular weight excluding hydrogens is 266 g/mol. The number of carboxylic acid groups (broad SMARTS) is 1. The Morgan fingerprint density at radius 1 is 1.24 bits per heavy atom. The molecule has 0 aliphatic rings. The normalized spacial score (nSPS) is 15.3. The first-order valence-corrected chi connectivity index (χ1v) is 8.33. The van der Waals surface area contributed by atoms with Gasteiger partial charge in [0.25, 0.3) is 0 Å². The predicted octanol–water partition coefficient (Wildman–Crippen LogP) is 1.87. The van der Waals surface area contributed by atoms with E-state index in [1.807, 2.05) is 33.8 Å². The number of aliphatic carboxylic acids is 1. The van der Waals surface area contributed by atoms with Gasteiger partial charge in [0.05, 0.1) is 19.1 Å². The maximum absolute atomic E-state index is 11.5. The van der Waals surface area contributed by atoms with Crippen molar-refractivity contribution in [2.75, 3.05) is 19.6 Å². The zero-order valence-corrected chi connectivity index (χ0v) is 14.2. The standard InChI is InChI=1S/C17H33NO3/c1-5-9-10-11-13-15(19)14-18(7-3,8-4)16(12-6-2)17(20)21/h5,9,15-16,19H,6-8,10-14H2,1-4H3/b9-5+. The summed E-state index contributed by atoms with van der Waals surface area (Å²) in [6.45, 7) is 9.90. The molecule has 0 radical (unpaired) electrons. The van der Waals surface area contributed by atoms with Crippen LogP contribution >= 0.6 is 0 Å². The number of hydrogen-bond acceptors (Lipinski definition) is 3. The molecule has 4 nitrogen and oxygen atoms in total. The van der Waals surface area contributed by atoms with Crippen molar-refractivity contribution in [3.8, 4) is 0 Å². The van der Waals surface area contributed by atoms with E-state index in [-0.39, 0.29) is 0 Å². The summed E-state index contributed by atoms with van der Waals surface area (Å²) in [5.74, 6) is -0.985. The molecular formula is C17H33NO3. The topological polar surface area (TPSA) is 60.4 Å². The van der Waals surface area contributed by atoms with Crippen molar-refractivity contribution >= 4 is 5.97 Å². The molecule has 1 N–H and O–H groups in total. The highest BCUT2D eigenvalue weighted by Crippen LogP contribution is 2.20. The lowest BCUT2D eigenvalue weighted by Gasteiger charge is -2.45. The highest BCUT2D eigenvalue weighted by atomic mass is 16.4. The first kappa shape index (κ1) is 20.1. The maximum atomic E-state index is 11.5. The summed E-state index contributed by atoms with van der Waals surface area (Å²) in [6, 6.07) is -0.518. The van der Waals surface area contributed by atoms with Crippen LogP contribution in [0, 0.1) is 0 Å². The zero-order valence-electron chi connectivity index (χ0n) is 14.2. The summed E-state index contributed by atoms with van der Waals surface area (Å²) in [7, 11) is 0. The molecule has 0 saturated heterocycles. The van der Waals surface area contributed by atoms with E-state index in [1.54, 1.807) is 0 Å². The quantitative estimate of drug-likeness (QED) is 0.340. The lowest BCUT2D eigenvalue weighted by Crippen LogP contribution is -2.63. The van der Waals surface area contributed by atoms with Crippen LogP contribution < -0.4 is 5.11 Å². The van der Waals surface area contributed by atoms with Crippen molar-refractivity contribution < 1.29 is 19.5 Å². The minimum Gasteiger partial charge on any atom is -0.544 e. The Hall–Kier alpha value is -0.870. The first-order chi connectivity index (χ1) is 9.97. The summed E-state index contributed by atoms with van der Waals surface area (Å²) in [4.78, 5) is 11.5. The minimum atomic E-state index is -0.985. The molecule has 0 rings (SSSR count). The van der Waals surface area contributed by atoms with E-state index in [0.29, 0.717) is 30.5 Å². The fraction of sp³-hybridized carbons (Fsp3) is 0.824.